The lowest BCUT2D eigenvalue weighted by Crippen LogP contribution is -2.41. The largest absolute Gasteiger partial charge is 0.598 e. The third-order valence-corrected chi connectivity index (χ3v) is 7.48. The highest BCUT2D eigenvalue weighted by molar-refractivity contribution is 7.90. The Morgan fingerprint density at radius 3 is 2.52 bits per heavy atom. The molecule has 1 aliphatic rings. The van der Waals surface area contributed by atoms with Crippen molar-refractivity contribution in [3.63, 3.8) is 0 Å². The molecule has 0 amide bonds. The fourth-order valence-electron chi connectivity index (χ4n) is 3.87. The highest BCUT2D eigenvalue weighted by Gasteiger charge is 2.34. The van der Waals surface area contributed by atoms with Crippen molar-refractivity contribution < 1.29 is 9.29 Å². The molecule has 2 atom stereocenters. The van der Waals surface area contributed by atoms with Crippen molar-refractivity contribution in [3.8, 4) is 0 Å². The summed E-state index contributed by atoms with van der Waals surface area (Å²) in [5.74, 6) is 0.799. The number of benzene rings is 1. The molecule has 2 heterocycles. The molecule has 1 aliphatic heterocycles. The SMILES string of the molecule is Cc1cc([C@@H](C)N[S+]([O-])C(C)(C)C)c2nc(C3(C)CCOCC3)n(C)c(=O)c2c1. The second kappa shape index (κ2) is 8.02. The normalized spacial score (nSPS) is 19.3. The summed E-state index contributed by atoms with van der Waals surface area (Å²) in [6, 6.07) is 3.74. The topological polar surface area (TPSA) is 79.2 Å². The first kappa shape index (κ1) is 22.3. The van der Waals surface area contributed by atoms with Crippen LogP contribution < -0.4 is 10.3 Å². The van der Waals surface area contributed by atoms with Gasteiger partial charge < -0.3 is 9.29 Å². The smallest absolute Gasteiger partial charge is 0.261 e. The van der Waals surface area contributed by atoms with Gasteiger partial charge in [-0.3, -0.25) is 9.36 Å². The highest BCUT2D eigenvalue weighted by atomic mass is 32.2. The Kier molecular flexibility index (Phi) is 6.16. The van der Waals surface area contributed by atoms with Crippen molar-refractivity contribution in [2.24, 2.45) is 7.05 Å². The number of fused-ring (bicyclic) bond motifs is 1. The van der Waals surface area contributed by atoms with Gasteiger partial charge in [-0.05, 0) is 59.1 Å². The summed E-state index contributed by atoms with van der Waals surface area (Å²) >= 11 is -1.22. The number of aromatic nitrogens is 2. The van der Waals surface area contributed by atoms with Crippen LogP contribution in [0.2, 0.25) is 0 Å². The van der Waals surface area contributed by atoms with E-state index in [0.29, 0.717) is 24.1 Å². The van der Waals surface area contributed by atoms with Crippen LogP contribution in [-0.4, -0.2) is 32.1 Å². The predicted molar refractivity (Wildman–Crippen MR) is 119 cm³/mol. The summed E-state index contributed by atoms with van der Waals surface area (Å²) in [5.41, 5.74) is 2.37. The number of nitrogens with one attached hydrogen (secondary N) is 1. The molecule has 1 saturated heterocycles. The maximum absolute atomic E-state index is 13.3. The monoisotopic (exact) mass is 419 g/mol. The first-order valence-corrected chi connectivity index (χ1v) is 11.4. The zero-order chi connectivity index (χ0) is 21.6. The number of hydrogen-bond acceptors (Lipinski definition) is 5. The minimum absolute atomic E-state index is 0.0354. The number of ether oxygens (including phenoxy) is 1. The maximum Gasteiger partial charge on any atom is 0.261 e. The Bertz CT molecular complexity index is 958. The van der Waals surface area contributed by atoms with Crippen LogP contribution in [0.3, 0.4) is 0 Å². The van der Waals surface area contributed by atoms with Crippen LogP contribution >= 0.6 is 0 Å². The summed E-state index contributed by atoms with van der Waals surface area (Å²) in [5, 5.41) is 0.608. The summed E-state index contributed by atoms with van der Waals surface area (Å²) in [7, 11) is 1.81. The van der Waals surface area contributed by atoms with E-state index in [9.17, 15) is 9.35 Å². The number of aryl methyl sites for hydroxylation is 1. The molecule has 2 aromatic rings. The van der Waals surface area contributed by atoms with Gasteiger partial charge in [0.2, 0.25) is 0 Å². The third-order valence-electron chi connectivity index (χ3n) is 5.80. The molecule has 1 N–H and O–H groups in total. The fourth-order valence-corrected chi connectivity index (χ4v) is 4.67. The van der Waals surface area contributed by atoms with E-state index in [2.05, 4.69) is 11.6 Å². The van der Waals surface area contributed by atoms with Gasteiger partial charge in [0.25, 0.3) is 5.56 Å². The van der Waals surface area contributed by atoms with Gasteiger partial charge in [0.1, 0.15) is 10.6 Å². The van der Waals surface area contributed by atoms with E-state index in [-0.39, 0.29) is 21.8 Å². The van der Waals surface area contributed by atoms with Crippen molar-refractivity contribution in [1.82, 2.24) is 14.3 Å². The molecule has 0 aliphatic carbocycles. The van der Waals surface area contributed by atoms with Gasteiger partial charge in [0.15, 0.2) is 0 Å². The second-order valence-corrected chi connectivity index (χ2v) is 11.4. The summed E-state index contributed by atoms with van der Waals surface area (Å²) in [6.45, 7) is 13.3. The molecule has 160 valence electrons. The molecule has 1 unspecified atom stereocenters. The third kappa shape index (κ3) is 4.38. The van der Waals surface area contributed by atoms with Crippen LogP contribution in [0.1, 0.15) is 70.5 Å². The zero-order valence-electron chi connectivity index (χ0n) is 18.6. The molecule has 0 saturated carbocycles. The average Bonchev–Trinajstić information content (AvgIpc) is 2.64. The Morgan fingerprint density at radius 2 is 1.93 bits per heavy atom. The Labute approximate surface area is 176 Å². The molecule has 1 aromatic heterocycles. The molecule has 29 heavy (non-hydrogen) atoms. The second-order valence-electron chi connectivity index (χ2n) is 9.44. The lowest BCUT2D eigenvalue weighted by Gasteiger charge is -2.34. The Hall–Kier alpha value is -1.41. The van der Waals surface area contributed by atoms with E-state index in [4.69, 9.17) is 9.72 Å². The predicted octanol–water partition coefficient (Wildman–Crippen LogP) is 3.42. The molecular formula is C22H33N3O3S. The first-order chi connectivity index (χ1) is 13.4. The van der Waals surface area contributed by atoms with E-state index in [0.717, 1.165) is 29.8 Å². The minimum atomic E-state index is -1.22. The van der Waals surface area contributed by atoms with Gasteiger partial charge in [-0.25, -0.2) is 4.98 Å². The number of hydrogen-bond donors (Lipinski definition) is 1. The Balaban J connectivity index is 2.17. The minimum Gasteiger partial charge on any atom is -0.598 e. The average molecular weight is 420 g/mol. The van der Waals surface area contributed by atoms with Crippen molar-refractivity contribution in [2.75, 3.05) is 13.2 Å². The summed E-state index contributed by atoms with van der Waals surface area (Å²) in [4.78, 5) is 18.3. The van der Waals surface area contributed by atoms with Crippen LogP contribution in [-0.2, 0) is 28.6 Å². The first-order valence-electron chi connectivity index (χ1n) is 10.2. The quantitative estimate of drug-likeness (QED) is 0.768. The number of rotatable bonds is 4. The molecule has 1 aromatic carbocycles. The van der Waals surface area contributed by atoms with E-state index < -0.39 is 11.4 Å². The molecule has 6 nitrogen and oxygen atoms in total. The van der Waals surface area contributed by atoms with Crippen molar-refractivity contribution >= 4 is 22.3 Å². The molecular weight excluding hydrogens is 386 g/mol. The van der Waals surface area contributed by atoms with Gasteiger partial charge in [-0.1, -0.05) is 13.0 Å². The van der Waals surface area contributed by atoms with E-state index >= 15 is 0 Å². The Morgan fingerprint density at radius 1 is 1.31 bits per heavy atom. The van der Waals surface area contributed by atoms with Crippen molar-refractivity contribution in [3.05, 3.63) is 39.4 Å². The standard InChI is InChI=1S/C22H33N3O3S/c1-14-12-16(15(2)24-29(27)21(3,4)5)18-17(13-14)19(26)25(7)20(23-18)22(6)8-10-28-11-9-22/h12-13,15,24H,8-11H2,1-7H3/t15-,29?/m1/s1. The lowest BCUT2D eigenvalue weighted by atomic mass is 9.81. The van der Waals surface area contributed by atoms with Crippen LogP contribution in [0.25, 0.3) is 10.9 Å². The van der Waals surface area contributed by atoms with Gasteiger partial charge in [-0.2, -0.15) is 0 Å². The molecule has 0 spiro atoms. The molecule has 0 radical (unpaired) electrons. The van der Waals surface area contributed by atoms with Crippen molar-refractivity contribution in [2.45, 2.75) is 70.6 Å². The molecule has 1 fully saturated rings. The van der Waals surface area contributed by atoms with Crippen molar-refractivity contribution in [1.29, 1.82) is 0 Å². The zero-order valence-corrected chi connectivity index (χ0v) is 19.4. The highest BCUT2D eigenvalue weighted by Crippen LogP contribution is 2.34. The van der Waals surface area contributed by atoms with E-state index in [1.54, 1.807) is 4.57 Å². The summed E-state index contributed by atoms with van der Waals surface area (Å²) in [6.07, 6.45) is 1.67. The van der Waals surface area contributed by atoms with E-state index in [1.165, 1.54) is 0 Å². The van der Waals surface area contributed by atoms with Gasteiger partial charge >= 0.3 is 0 Å². The summed E-state index contributed by atoms with van der Waals surface area (Å²) < 4.78 is 22.7. The van der Waals surface area contributed by atoms with Crippen LogP contribution in [0.15, 0.2) is 16.9 Å². The van der Waals surface area contributed by atoms with Gasteiger partial charge in [0, 0.05) is 42.6 Å². The van der Waals surface area contributed by atoms with Gasteiger partial charge in [0.05, 0.1) is 16.9 Å². The lowest BCUT2D eigenvalue weighted by molar-refractivity contribution is 0.0523. The maximum atomic E-state index is 13.3. The molecule has 7 heteroatoms. The molecule has 0 bridgehead atoms. The van der Waals surface area contributed by atoms with E-state index in [1.807, 2.05) is 53.8 Å². The van der Waals surface area contributed by atoms with Gasteiger partial charge in [-0.15, -0.1) is 4.72 Å². The van der Waals surface area contributed by atoms with Crippen LogP contribution in [0.4, 0.5) is 0 Å². The van der Waals surface area contributed by atoms with Crippen LogP contribution in [0.5, 0.6) is 0 Å². The number of nitrogens with zero attached hydrogens (tertiary/aromatic N) is 2. The van der Waals surface area contributed by atoms with Crippen LogP contribution in [0, 0.1) is 6.92 Å². The molecule has 3 rings (SSSR count). The fraction of sp³-hybridized carbons (Fsp3) is 0.636.